The number of amides is 2. The van der Waals surface area contributed by atoms with E-state index < -0.39 is 0 Å². The third-order valence-corrected chi connectivity index (χ3v) is 5.76. The van der Waals surface area contributed by atoms with Crippen LogP contribution in [0.15, 0.2) is 24.3 Å². The Kier molecular flexibility index (Phi) is 5.41. The minimum absolute atomic E-state index is 0.000688. The maximum Gasteiger partial charge on any atom is 0.227 e. The lowest BCUT2D eigenvalue weighted by molar-refractivity contribution is -0.126. The molecule has 0 saturated carbocycles. The van der Waals surface area contributed by atoms with Gasteiger partial charge in [-0.3, -0.25) is 9.59 Å². The minimum atomic E-state index is -0.329. The molecule has 0 aliphatic carbocycles. The fraction of sp³-hybridized carbons (Fsp3) is 0.524. The highest BCUT2D eigenvalue weighted by molar-refractivity contribution is 6.00. The molecule has 2 aromatic rings. The van der Waals surface area contributed by atoms with Crippen molar-refractivity contribution in [1.82, 2.24) is 20.1 Å². The molecule has 1 fully saturated rings. The number of carbonyl (C=O) groups is 2. The summed E-state index contributed by atoms with van der Waals surface area (Å²) in [6, 6.07) is 7.99. The number of aryl methyl sites for hydroxylation is 2. The van der Waals surface area contributed by atoms with Crippen LogP contribution in [-0.4, -0.2) is 33.1 Å². The van der Waals surface area contributed by atoms with Gasteiger partial charge in [0.25, 0.3) is 0 Å². The topological polar surface area (TPSA) is 80.1 Å². The number of hydrogen-bond acceptors (Lipinski definition) is 4. The zero-order valence-corrected chi connectivity index (χ0v) is 16.4. The van der Waals surface area contributed by atoms with E-state index in [2.05, 4.69) is 27.0 Å². The van der Waals surface area contributed by atoms with Crippen LogP contribution in [0.2, 0.25) is 0 Å². The molecular formula is C21H27N5O2. The molecule has 4 rings (SSSR count). The van der Waals surface area contributed by atoms with E-state index in [1.54, 1.807) is 4.90 Å². The highest BCUT2D eigenvalue weighted by Gasteiger charge is 2.35. The largest absolute Gasteiger partial charge is 0.348 e. The van der Waals surface area contributed by atoms with Crippen molar-refractivity contribution in [3.63, 3.8) is 0 Å². The molecule has 28 heavy (non-hydrogen) atoms. The zero-order chi connectivity index (χ0) is 19.5. The van der Waals surface area contributed by atoms with Crippen molar-refractivity contribution in [3.8, 4) is 0 Å². The van der Waals surface area contributed by atoms with Gasteiger partial charge in [0.1, 0.15) is 5.82 Å². The number of benzene rings is 1. The Balaban J connectivity index is 1.36. The van der Waals surface area contributed by atoms with E-state index in [0.29, 0.717) is 13.1 Å². The van der Waals surface area contributed by atoms with E-state index in [-0.39, 0.29) is 24.2 Å². The van der Waals surface area contributed by atoms with E-state index in [1.165, 1.54) is 12.0 Å². The Hall–Kier alpha value is -2.70. The molecule has 0 bridgehead atoms. The van der Waals surface area contributed by atoms with Crippen molar-refractivity contribution in [2.45, 2.75) is 58.5 Å². The van der Waals surface area contributed by atoms with Crippen molar-refractivity contribution in [2.24, 2.45) is 5.92 Å². The second-order valence-corrected chi connectivity index (χ2v) is 7.64. The van der Waals surface area contributed by atoms with Gasteiger partial charge in [-0.25, -0.2) is 0 Å². The van der Waals surface area contributed by atoms with E-state index in [0.717, 1.165) is 49.6 Å². The molecule has 1 aromatic heterocycles. The van der Waals surface area contributed by atoms with Crippen LogP contribution in [0.5, 0.6) is 0 Å². The molecule has 2 aliphatic rings. The quantitative estimate of drug-likeness (QED) is 0.861. The molecular weight excluding hydrogens is 354 g/mol. The SMILES string of the molecule is CCc1ccc(N2CC(C(=O)NCc3nnc4n3CCCCC4)CC2=O)cc1. The predicted molar refractivity (Wildman–Crippen MR) is 106 cm³/mol. The molecule has 2 amide bonds. The van der Waals surface area contributed by atoms with Crippen LogP contribution in [0, 0.1) is 5.92 Å². The van der Waals surface area contributed by atoms with Crippen molar-refractivity contribution in [1.29, 1.82) is 0 Å². The van der Waals surface area contributed by atoms with E-state index >= 15 is 0 Å². The number of rotatable bonds is 5. The average molecular weight is 381 g/mol. The van der Waals surface area contributed by atoms with Gasteiger partial charge >= 0.3 is 0 Å². The zero-order valence-electron chi connectivity index (χ0n) is 16.4. The standard InChI is InChI=1S/C21H27N5O2/c1-2-15-7-9-17(10-8-15)26-14-16(12-20(26)27)21(28)22-13-19-24-23-18-6-4-3-5-11-25(18)19/h7-10,16H,2-6,11-14H2,1H3,(H,22,28). The summed E-state index contributed by atoms with van der Waals surface area (Å²) in [5, 5.41) is 11.5. The Morgan fingerprint density at radius 2 is 2.00 bits per heavy atom. The molecule has 1 unspecified atom stereocenters. The number of hydrogen-bond donors (Lipinski definition) is 1. The van der Waals surface area contributed by atoms with Gasteiger partial charge < -0.3 is 14.8 Å². The van der Waals surface area contributed by atoms with E-state index in [4.69, 9.17) is 0 Å². The number of carbonyl (C=O) groups excluding carboxylic acids is 2. The Bertz CT molecular complexity index is 858. The summed E-state index contributed by atoms with van der Waals surface area (Å²) in [6.45, 7) is 3.80. The van der Waals surface area contributed by atoms with Gasteiger partial charge in [-0.1, -0.05) is 25.5 Å². The summed E-state index contributed by atoms with van der Waals surface area (Å²) in [6.07, 6.45) is 5.63. The third kappa shape index (κ3) is 3.79. The van der Waals surface area contributed by atoms with Gasteiger partial charge in [0, 0.05) is 31.6 Å². The first kappa shape index (κ1) is 18.7. The van der Waals surface area contributed by atoms with Crippen LogP contribution < -0.4 is 10.2 Å². The number of anilines is 1. The smallest absolute Gasteiger partial charge is 0.227 e. The van der Waals surface area contributed by atoms with Crippen molar-refractivity contribution < 1.29 is 9.59 Å². The first-order chi connectivity index (χ1) is 13.7. The van der Waals surface area contributed by atoms with Crippen LogP contribution in [0.1, 0.15) is 49.8 Å². The lowest BCUT2D eigenvalue weighted by atomic mass is 10.1. The van der Waals surface area contributed by atoms with Crippen molar-refractivity contribution in [3.05, 3.63) is 41.5 Å². The monoisotopic (exact) mass is 381 g/mol. The molecule has 1 aromatic carbocycles. The first-order valence-corrected chi connectivity index (χ1v) is 10.2. The van der Waals surface area contributed by atoms with Crippen LogP contribution in [0.3, 0.4) is 0 Å². The van der Waals surface area contributed by atoms with Crippen LogP contribution >= 0.6 is 0 Å². The molecule has 1 saturated heterocycles. The molecule has 0 spiro atoms. The average Bonchev–Trinajstić information content (AvgIpc) is 3.21. The van der Waals surface area contributed by atoms with Gasteiger partial charge in [0.2, 0.25) is 11.8 Å². The summed E-state index contributed by atoms with van der Waals surface area (Å²) in [4.78, 5) is 26.8. The van der Waals surface area contributed by atoms with Gasteiger partial charge in [-0.15, -0.1) is 10.2 Å². The maximum atomic E-state index is 12.7. The number of aromatic nitrogens is 3. The van der Waals surface area contributed by atoms with E-state index in [9.17, 15) is 9.59 Å². The molecule has 1 N–H and O–H groups in total. The lowest BCUT2D eigenvalue weighted by Crippen LogP contribution is -2.33. The Morgan fingerprint density at radius 1 is 1.18 bits per heavy atom. The van der Waals surface area contributed by atoms with Gasteiger partial charge in [-0.2, -0.15) is 0 Å². The van der Waals surface area contributed by atoms with Gasteiger partial charge in [-0.05, 0) is 37.0 Å². The molecule has 2 aliphatic heterocycles. The molecule has 7 heteroatoms. The first-order valence-electron chi connectivity index (χ1n) is 10.2. The van der Waals surface area contributed by atoms with Crippen LogP contribution in [0.25, 0.3) is 0 Å². The number of nitrogens with zero attached hydrogens (tertiary/aromatic N) is 4. The fourth-order valence-electron chi connectivity index (χ4n) is 4.03. The lowest BCUT2D eigenvalue weighted by Gasteiger charge is -2.17. The van der Waals surface area contributed by atoms with Gasteiger partial charge in [0.05, 0.1) is 12.5 Å². The van der Waals surface area contributed by atoms with Crippen molar-refractivity contribution in [2.75, 3.05) is 11.4 Å². The summed E-state index contributed by atoms with van der Waals surface area (Å²) >= 11 is 0. The fourth-order valence-corrected chi connectivity index (χ4v) is 4.03. The molecule has 1 atom stereocenters. The highest BCUT2D eigenvalue weighted by Crippen LogP contribution is 2.25. The number of nitrogens with one attached hydrogen (secondary N) is 1. The maximum absolute atomic E-state index is 12.7. The third-order valence-electron chi connectivity index (χ3n) is 5.76. The predicted octanol–water partition coefficient (Wildman–Crippen LogP) is 2.24. The normalized spacial score (nSPS) is 19.4. The Labute approximate surface area is 165 Å². The summed E-state index contributed by atoms with van der Waals surface area (Å²) in [7, 11) is 0. The minimum Gasteiger partial charge on any atom is -0.348 e. The highest BCUT2D eigenvalue weighted by atomic mass is 16.2. The van der Waals surface area contributed by atoms with Crippen molar-refractivity contribution >= 4 is 17.5 Å². The molecule has 0 radical (unpaired) electrons. The second kappa shape index (κ2) is 8.12. The Morgan fingerprint density at radius 3 is 2.79 bits per heavy atom. The summed E-state index contributed by atoms with van der Waals surface area (Å²) in [5.74, 6) is 1.40. The molecule has 148 valence electrons. The van der Waals surface area contributed by atoms with Crippen LogP contribution in [-0.2, 0) is 35.5 Å². The number of fused-ring (bicyclic) bond motifs is 1. The summed E-state index contributed by atoms with van der Waals surface area (Å²) in [5.41, 5.74) is 2.09. The second-order valence-electron chi connectivity index (χ2n) is 7.64. The van der Waals surface area contributed by atoms with Gasteiger partial charge in [0.15, 0.2) is 5.82 Å². The summed E-state index contributed by atoms with van der Waals surface area (Å²) < 4.78 is 2.13. The van der Waals surface area contributed by atoms with Crippen LogP contribution in [0.4, 0.5) is 5.69 Å². The molecule has 7 nitrogen and oxygen atoms in total. The van der Waals surface area contributed by atoms with E-state index in [1.807, 2.05) is 24.3 Å². The molecule has 3 heterocycles.